The first-order chi connectivity index (χ1) is 13.6. The molecule has 1 aliphatic rings. The molecule has 0 spiro atoms. The molecule has 0 saturated carbocycles. The number of aromatic nitrogens is 5. The fraction of sp³-hybridized carbons (Fsp3) is 0.333. The highest BCUT2D eigenvalue weighted by molar-refractivity contribution is 5.86. The van der Waals surface area contributed by atoms with E-state index in [2.05, 4.69) is 30.8 Å². The molecule has 0 aliphatic carbocycles. The van der Waals surface area contributed by atoms with Gasteiger partial charge in [0.2, 0.25) is 5.91 Å². The minimum atomic E-state index is -1.07. The summed E-state index contributed by atoms with van der Waals surface area (Å²) in [6.07, 6.45) is 1.23. The predicted molar refractivity (Wildman–Crippen MR) is 98.5 cm³/mol. The molecule has 0 radical (unpaired) electrons. The van der Waals surface area contributed by atoms with Crippen LogP contribution < -0.4 is 10.2 Å². The third kappa shape index (κ3) is 3.61. The molecule has 10 nitrogen and oxygen atoms in total. The summed E-state index contributed by atoms with van der Waals surface area (Å²) in [5.41, 5.74) is 1.12. The average Bonchev–Trinajstić information content (AvgIpc) is 3.20. The molecule has 0 bridgehead atoms. The number of carbonyl (C=O) groups is 2. The highest BCUT2D eigenvalue weighted by atomic mass is 16.4. The maximum absolute atomic E-state index is 12.6. The lowest BCUT2D eigenvalue weighted by Gasteiger charge is -2.32. The zero-order valence-corrected chi connectivity index (χ0v) is 15.0. The van der Waals surface area contributed by atoms with E-state index in [1.165, 1.54) is 4.63 Å². The topological polar surface area (TPSA) is 126 Å². The number of anilines is 1. The Hall–Kier alpha value is -3.56. The van der Waals surface area contributed by atoms with E-state index in [1.54, 1.807) is 36.4 Å². The van der Waals surface area contributed by atoms with Gasteiger partial charge >= 0.3 is 5.97 Å². The number of nitrogens with zero attached hydrogens (tertiary/aromatic N) is 6. The zero-order chi connectivity index (χ0) is 19.5. The molecule has 1 fully saturated rings. The number of fused-ring (bicyclic) bond motifs is 1. The molecule has 10 heteroatoms. The third-order valence-corrected chi connectivity index (χ3v) is 4.91. The van der Waals surface area contributed by atoms with Crippen molar-refractivity contribution in [2.45, 2.75) is 18.9 Å². The van der Waals surface area contributed by atoms with Crippen molar-refractivity contribution in [3.8, 4) is 0 Å². The van der Waals surface area contributed by atoms with Gasteiger partial charge in [-0.25, -0.2) is 4.79 Å². The Morgan fingerprint density at radius 1 is 1.11 bits per heavy atom. The second-order valence-corrected chi connectivity index (χ2v) is 6.67. The van der Waals surface area contributed by atoms with Gasteiger partial charge in [0.15, 0.2) is 17.5 Å². The molecule has 1 aliphatic heterocycles. The normalized spacial score (nSPS) is 16.1. The molecule has 1 amide bonds. The molecule has 0 unspecified atom stereocenters. The predicted octanol–water partition coefficient (Wildman–Crippen LogP) is 0.678. The Balaban J connectivity index is 1.38. The van der Waals surface area contributed by atoms with Crippen molar-refractivity contribution in [2.75, 3.05) is 18.0 Å². The lowest BCUT2D eigenvalue weighted by Crippen LogP contribution is -2.43. The van der Waals surface area contributed by atoms with Crippen LogP contribution in [-0.4, -0.2) is 55.3 Å². The number of carboxylic acid groups (broad SMARTS) is 1. The molecule has 1 atom stereocenters. The van der Waals surface area contributed by atoms with Gasteiger partial charge < -0.3 is 15.3 Å². The summed E-state index contributed by atoms with van der Waals surface area (Å²) < 4.78 is 1.37. The Morgan fingerprint density at radius 3 is 2.57 bits per heavy atom. The monoisotopic (exact) mass is 381 g/mol. The van der Waals surface area contributed by atoms with Crippen LogP contribution in [0.2, 0.25) is 0 Å². The number of nitrogens with one attached hydrogen (secondary N) is 1. The van der Waals surface area contributed by atoms with Gasteiger partial charge in [0.25, 0.3) is 0 Å². The first-order valence-electron chi connectivity index (χ1n) is 9.00. The second-order valence-electron chi connectivity index (χ2n) is 6.67. The van der Waals surface area contributed by atoms with Gasteiger partial charge in [0.05, 0.1) is 0 Å². The standard InChI is InChI=1S/C18H19N7O3/c26-17(19-16(18(27)28)12-4-2-1-3-5-12)13-8-10-24(11-9-13)15-7-6-14-20-22-23-25(14)21-15/h1-7,13,16H,8-11H2,(H,19,26)(H,27,28)/t16-/m1/s1. The lowest BCUT2D eigenvalue weighted by molar-refractivity contribution is -0.142. The number of hydrogen-bond acceptors (Lipinski definition) is 7. The van der Waals surface area contributed by atoms with Crippen LogP contribution in [0.4, 0.5) is 5.82 Å². The number of tetrazole rings is 1. The van der Waals surface area contributed by atoms with Gasteiger partial charge in [0, 0.05) is 19.0 Å². The number of benzene rings is 1. The number of carboxylic acids is 1. The molecule has 28 heavy (non-hydrogen) atoms. The van der Waals surface area contributed by atoms with Crippen LogP contribution in [-0.2, 0) is 9.59 Å². The SMILES string of the molecule is O=C(N[C@@H](C(=O)O)c1ccccc1)C1CCN(c2ccc3nnnn3n2)CC1. The van der Waals surface area contributed by atoms with E-state index in [0.717, 1.165) is 5.82 Å². The number of rotatable bonds is 5. The minimum Gasteiger partial charge on any atom is -0.479 e. The van der Waals surface area contributed by atoms with Crippen LogP contribution in [0.1, 0.15) is 24.4 Å². The number of carbonyl (C=O) groups excluding carboxylic acids is 1. The van der Waals surface area contributed by atoms with Crippen LogP contribution in [0.3, 0.4) is 0 Å². The first-order valence-corrected chi connectivity index (χ1v) is 9.00. The molecular formula is C18H19N7O3. The summed E-state index contributed by atoms with van der Waals surface area (Å²) in [5.74, 6) is -0.805. The van der Waals surface area contributed by atoms with Gasteiger partial charge in [-0.15, -0.1) is 14.8 Å². The van der Waals surface area contributed by atoms with E-state index >= 15 is 0 Å². The van der Waals surface area contributed by atoms with Gasteiger partial charge in [-0.05, 0) is 41.0 Å². The van der Waals surface area contributed by atoms with E-state index in [1.807, 2.05) is 6.07 Å². The summed E-state index contributed by atoms with van der Waals surface area (Å²) in [6.45, 7) is 1.28. The van der Waals surface area contributed by atoms with Crippen LogP contribution in [0.5, 0.6) is 0 Å². The molecule has 4 rings (SSSR count). The first kappa shape index (κ1) is 17.8. The van der Waals surface area contributed by atoms with Crippen molar-refractivity contribution >= 4 is 23.3 Å². The highest BCUT2D eigenvalue weighted by Crippen LogP contribution is 2.23. The summed E-state index contributed by atoms with van der Waals surface area (Å²) in [5, 5.41) is 27.7. The number of amides is 1. The van der Waals surface area contributed by atoms with Crippen LogP contribution >= 0.6 is 0 Å². The Labute approximate surface area is 160 Å². The molecular weight excluding hydrogens is 362 g/mol. The number of hydrogen-bond donors (Lipinski definition) is 2. The average molecular weight is 381 g/mol. The van der Waals surface area contributed by atoms with Gasteiger partial charge in [-0.3, -0.25) is 4.79 Å². The minimum absolute atomic E-state index is 0.236. The van der Waals surface area contributed by atoms with E-state index < -0.39 is 12.0 Å². The largest absolute Gasteiger partial charge is 0.479 e. The van der Waals surface area contributed by atoms with E-state index in [4.69, 9.17) is 0 Å². The van der Waals surface area contributed by atoms with Gasteiger partial charge in [-0.2, -0.15) is 0 Å². The number of aliphatic carboxylic acids is 1. The summed E-state index contributed by atoms with van der Waals surface area (Å²) >= 11 is 0. The third-order valence-electron chi connectivity index (χ3n) is 4.91. The number of piperidine rings is 1. The van der Waals surface area contributed by atoms with Crippen molar-refractivity contribution in [2.24, 2.45) is 5.92 Å². The highest BCUT2D eigenvalue weighted by Gasteiger charge is 2.29. The molecule has 144 valence electrons. The van der Waals surface area contributed by atoms with Crippen molar-refractivity contribution in [1.82, 2.24) is 30.6 Å². The van der Waals surface area contributed by atoms with Gasteiger partial charge in [-0.1, -0.05) is 30.3 Å². The van der Waals surface area contributed by atoms with Crippen LogP contribution in [0.15, 0.2) is 42.5 Å². The fourth-order valence-corrected chi connectivity index (χ4v) is 3.37. The molecule has 3 heterocycles. The van der Waals surface area contributed by atoms with Crippen LogP contribution in [0, 0.1) is 5.92 Å². The van der Waals surface area contributed by atoms with Crippen molar-refractivity contribution in [1.29, 1.82) is 0 Å². The summed E-state index contributed by atoms with van der Waals surface area (Å²) in [7, 11) is 0. The maximum atomic E-state index is 12.6. The maximum Gasteiger partial charge on any atom is 0.330 e. The fourth-order valence-electron chi connectivity index (χ4n) is 3.37. The smallest absolute Gasteiger partial charge is 0.330 e. The zero-order valence-electron chi connectivity index (χ0n) is 15.0. The molecule has 1 saturated heterocycles. The lowest BCUT2D eigenvalue weighted by atomic mass is 9.95. The molecule has 1 aromatic carbocycles. The summed E-state index contributed by atoms with van der Waals surface area (Å²) in [6, 6.07) is 11.3. The second kappa shape index (κ2) is 7.59. The Kier molecular flexibility index (Phi) is 4.83. The van der Waals surface area contributed by atoms with Crippen LogP contribution in [0.25, 0.3) is 5.65 Å². The van der Waals surface area contributed by atoms with Gasteiger partial charge in [0.1, 0.15) is 0 Å². The van der Waals surface area contributed by atoms with E-state index in [-0.39, 0.29) is 11.8 Å². The summed E-state index contributed by atoms with van der Waals surface area (Å²) in [4.78, 5) is 26.3. The molecule has 3 aromatic rings. The van der Waals surface area contributed by atoms with Crippen molar-refractivity contribution in [3.63, 3.8) is 0 Å². The van der Waals surface area contributed by atoms with E-state index in [9.17, 15) is 14.7 Å². The van der Waals surface area contributed by atoms with E-state index in [0.29, 0.717) is 37.1 Å². The Morgan fingerprint density at radius 2 is 1.86 bits per heavy atom. The molecule has 2 N–H and O–H groups in total. The van der Waals surface area contributed by atoms with Crippen molar-refractivity contribution in [3.05, 3.63) is 48.0 Å². The molecule has 2 aromatic heterocycles. The Bertz CT molecular complexity index is 983. The quantitative estimate of drug-likeness (QED) is 0.661. The van der Waals surface area contributed by atoms with Crippen molar-refractivity contribution < 1.29 is 14.7 Å².